The van der Waals surface area contributed by atoms with Crippen LogP contribution in [0.3, 0.4) is 0 Å². The van der Waals surface area contributed by atoms with Crippen LogP contribution in [-0.2, 0) is 17.8 Å². The van der Waals surface area contributed by atoms with E-state index in [2.05, 4.69) is 49.0 Å². The number of hydrogen-bond donors (Lipinski definition) is 0. The lowest BCUT2D eigenvalue weighted by molar-refractivity contribution is 0.0103. The van der Waals surface area contributed by atoms with Gasteiger partial charge in [0, 0.05) is 5.92 Å². The van der Waals surface area contributed by atoms with Crippen molar-refractivity contribution in [2.24, 2.45) is 5.92 Å². The van der Waals surface area contributed by atoms with Crippen LogP contribution in [0.25, 0.3) is 0 Å². The molecule has 24 heavy (non-hydrogen) atoms. The van der Waals surface area contributed by atoms with Gasteiger partial charge >= 0.3 is 0 Å². The van der Waals surface area contributed by atoms with E-state index in [9.17, 15) is 0 Å². The molecule has 4 rings (SSSR count). The third-order valence-corrected chi connectivity index (χ3v) is 5.55. The van der Waals surface area contributed by atoms with E-state index in [0.29, 0.717) is 18.4 Å². The van der Waals surface area contributed by atoms with Gasteiger partial charge < -0.3 is 9.47 Å². The third-order valence-electron chi connectivity index (χ3n) is 5.55. The van der Waals surface area contributed by atoms with Crippen molar-refractivity contribution in [2.45, 2.75) is 37.9 Å². The first-order valence-electron chi connectivity index (χ1n) is 8.76. The van der Waals surface area contributed by atoms with E-state index in [1.54, 1.807) is 7.11 Å². The highest BCUT2D eigenvalue weighted by Crippen LogP contribution is 2.51. The van der Waals surface area contributed by atoms with Crippen LogP contribution in [0.2, 0.25) is 0 Å². The van der Waals surface area contributed by atoms with Crippen LogP contribution >= 0.6 is 0 Å². The average molecular weight is 320 g/mol. The van der Waals surface area contributed by atoms with E-state index in [1.165, 1.54) is 28.7 Å². The van der Waals surface area contributed by atoms with Gasteiger partial charge in [-0.25, -0.2) is 0 Å². The second-order valence-electron chi connectivity index (χ2n) is 6.94. The lowest BCUT2D eigenvalue weighted by Crippen LogP contribution is -2.26. The molecule has 0 aromatic heterocycles. The van der Waals surface area contributed by atoms with Crippen molar-refractivity contribution in [1.29, 1.82) is 0 Å². The van der Waals surface area contributed by atoms with Gasteiger partial charge in [0.15, 0.2) is 0 Å². The number of aryl methyl sites for hydroxylation is 1. The van der Waals surface area contributed by atoms with Crippen LogP contribution in [0.15, 0.2) is 60.7 Å². The largest absolute Gasteiger partial charge is 0.497 e. The molecule has 0 spiro atoms. The minimum atomic E-state index is 0.290. The Labute approximate surface area is 144 Å². The topological polar surface area (TPSA) is 18.5 Å². The Hall–Kier alpha value is -2.06. The maximum atomic E-state index is 6.30. The van der Waals surface area contributed by atoms with E-state index in [1.807, 2.05) is 6.07 Å². The highest BCUT2D eigenvalue weighted by Gasteiger charge is 2.43. The zero-order valence-electron chi connectivity index (χ0n) is 14.2. The molecule has 0 unspecified atom stereocenters. The summed E-state index contributed by atoms with van der Waals surface area (Å²) in [7, 11) is 1.73. The summed E-state index contributed by atoms with van der Waals surface area (Å²) in [5.74, 6) is 1.95. The van der Waals surface area contributed by atoms with Crippen LogP contribution in [0.1, 0.15) is 35.4 Å². The van der Waals surface area contributed by atoms with Gasteiger partial charge in [0.05, 0.1) is 19.8 Å². The standard InChI is InChI=1S/C22H24O2/c1-15-12-21(24-14-16-6-4-3-5-7-16)20-10-8-17-13-18(23-2)9-11-19(17)22(15)20/h3-7,9,11,13,20-22H,1,8,10,12,14H2,2H3/t20-,21+,22-/m1/s1. The average Bonchev–Trinajstić information content (AvgIpc) is 2.96. The van der Waals surface area contributed by atoms with Gasteiger partial charge in [-0.05, 0) is 54.0 Å². The van der Waals surface area contributed by atoms with Crippen molar-refractivity contribution in [1.82, 2.24) is 0 Å². The fourth-order valence-electron chi connectivity index (χ4n) is 4.37. The Morgan fingerprint density at radius 2 is 1.96 bits per heavy atom. The van der Waals surface area contributed by atoms with E-state index < -0.39 is 0 Å². The normalized spacial score (nSPS) is 25.2. The number of rotatable bonds is 4. The van der Waals surface area contributed by atoms with Gasteiger partial charge in [0.1, 0.15) is 5.75 Å². The summed E-state index contributed by atoms with van der Waals surface area (Å²) < 4.78 is 11.7. The van der Waals surface area contributed by atoms with Crippen molar-refractivity contribution < 1.29 is 9.47 Å². The molecule has 0 radical (unpaired) electrons. The molecule has 0 aliphatic heterocycles. The predicted molar refractivity (Wildman–Crippen MR) is 96.3 cm³/mol. The van der Waals surface area contributed by atoms with Gasteiger partial charge in [0.2, 0.25) is 0 Å². The summed E-state index contributed by atoms with van der Waals surface area (Å²) in [6.45, 7) is 5.07. The molecule has 0 amide bonds. The molecule has 0 heterocycles. The number of ether oxygens (including phenoxy) is 2. The minimum absolute atomic E-state index is 0.290. The zero-order chi connectivity index (χ0) is 16.5. The van der Waals surface area contributed by atoms with Crippen molar-refractivity contribution in [3.63, 3.8) is 0 Å². The Morgan fingerprint density at radius 3 is 2.75 bits per heavy atom. The molecular formula is C22H24O2. The summed E-state index contributed by atoms with van der Waals surface area (Å²) in [5, 5.41) is 0. The number of benzene rings is 2. The predicted octanol–water partition coefficient (Wildman–Crippen LogP) is 4.89. The number of methoxy groups -OCH3 is 1. The fraction of sp³-hybridized carbons (Fsp3) is 0.364. The first-order valence-corrected chi connectivity index (χ1v) is 8.76. The quantitative estimate of drug-likeness (QED) is 0.747. The number of fused-ring (bicyclic) bond motifs is 3. The van der Waals surface area contributed by atoms with E-state index in [-0.39, 0.29) is 6.10 Å². The molecule has 3 atom stereocenters. The molecule has 1 fully saturated rings. The summed E-state index contributed by atoms with van der Waals surface area (Å²) >= 11 is 0. The van der Waals surface area contributed by atoms with E-state index >= 15 is 0 Å². The van der Waals surface area contributed by atoms with Gasteiger partial charge in [-0.1, -0.05) is 48.6 Å². The summed E-state index contributed by atoms with van der Waals surface area (Å²) in [6, 6.07) is 16.9. The second-order valence-corrected chi connectivity index (χ2v) is 6.94. The molecular weight excluding hydrogens is 296 g/mol. The molecule has 0 N–H and O–H groups in total. The second kappa shape index (κ2) is 6.45. The van der Waals surface area contributed by atoms with Crippen LogP contribution in [-0.4, -0.2) is 13.2 Å². The van der Waals surface area contributed by atoms with Crippen molar-refractivity contribution in [3.05, 3.63) is 77.4 Å². The van der Waals surface area contributed by atoms with Gasteiger partial charge in [-0.15, -0.1) is 0 Å². The van der Waals surface area contributed by atoms with E-state index in [4.69, 9.17) is 9.47 Å². The Morgan fingerprint density at radius 1 is 1.12 bits per heavy atom. The molecule has 1 saturated carbocycles. The van der Waals surface area contributed by atoms with Crippen molar-refractivity contribution >= 4 is 0 Å². The van der Waals surface area contributed by atoms with Crippen molar-refractivity contribution in [2.75, 3.05) is 7.11 Å². The fourth-order valence-corrected chi connectivity index (χ4v) is 4.37. The Balaban J connectivity index is 1.52. The molecule has 2 aliphatic rings. The van der Waals surface area contributed by atoms with Gasteiger partial charge in [0.25, 0.3) is 0 Å². The lowest BCUT2D eigenvalue weighted by Gasteiger charge is -2.31. The number of hydrogen-bond acceptors (Lipinski definition) is 2. The Bertz CT molecular complexity index is 735. The lowest BCUT2D eigenvalue weighted by atomic mass is 9.75. The van der Waals surface area contributed by atoms with Crippen LogP contribution < -0.4 is 4.74 Å². The maximum Gasteiger partial charge on any atom is 0.119 e. The summed E-state index contributed by atoms with van der Waals surface area (Å²) in [4.78, 5) is 0. The highest BCUT2D eigenvalue weighted by molar-refractivity contribution is 5.45. The van der Waals surface area contributed by atoms with Crippen LogP contribution in [0, 0.1) is 5.92 Å². The smallest absolute Gasteiger partial charge is 0.119 e. The molecule has 2 aromatic carbocycles. The van der Waals surface area contributed by atoms with E-state index in [0.717, 1.165) is 18.6 Å². The van der Waals surface area contributed by atoms with Crippen LogP contribution in [0.5, 0.6) is 5.75 Å². The molecule has 0 bridgehead atoms. The van der Waals surface area contributed by atoms with Gasteiger partial charge in [-0.3, -0.25) is 0 Å². The third kappa shape index (κ3) is 2.76. The van der Waals surface area contributed by atoms with Crippen LogP contribution in [0.4, 0.5) is 0 Å². The maximum absolute atomic E-state index is 6.30. The molecule has 0 saturated heterocycles. The van der Waals surface area contributed by atoms with Gasteiger partial charge in [-0.2, -0.15) is 0 Å². The molecule has 124 valence electrons. The highest BCUT2D eigenvalue weighted by atomic mass is 16.5. The SMILES string of the molecule is C=C1C[C@H](OCc2ccccc2)[C@H]2CCc3cc(OC)ccc3[C@@H]12. The first-order chi connectivity index (χ1) is 11.8. The molecule has 2 nitrogen and oxygen atoms in total. The zero-order valence-corrected chi connectivity index (χ0v) is 14.2. The molecule has 2 aliphatic carbocycles. The molecule has 2 aromatic rings. The Kier molecular flexibility index (Phi) is 4.15. The first kappa shape index (κ1) is 15.5. The monoisotopic (exact) mass is 320 g/mol. The summed E-state index contributed by atoms with van der Waals surface area (Å²) in [5.41, 5.74) is 5.42. The summed E-state index contributed by atoms with van der Waals surface area (Å²) in [6.07, 6.45) is 3.54. The van der Waals surface area contributed by atoms with Crippen molar-refractivity contribution in [3.8, 4) is 5.75 Å². The minimum Gasteiger partial charge on any atom is -0.497 e. The molecule has 2 heteroatoms.